The molecule has 0 amide bonds. The van der Waals surface area contributed by atoms with Gasteiger partial charge in [0.05, 0.1) is 6.54 Å². The van der Waals surface area contributed by atoms with E-state index in [4.69, 9.17) is 4.99 Å². The number of aliphatic imine (C=N–C) groups is 1. The summed E-state index contributed by atoms with van der Waals surface area (Å²) >= 11 is 0. The summed E-state index contributed by atoms with van der Waals surface area (Å²) in [7, 11) is 2.15. The Morgan fingerprint density at radius 2 is 1.86 bits per heavy atom. The molecule has 1 aromatic rings. The van der Waals surface area contributed by atoms with Crippen molar-refractivity contribution in [2.75, 3.05) is 20.1 Å². The Labute approximate surface area is 136 Å². The third-order valence-electron chi connectivity index (χ3n) is 3.38. The molecule has 0 aliphatic rings. The van der Waals surface area contributed by atoms with Crippen molar-refractivity contribution in [1.82, 2.24) is 15.5 Å². The largest absolute Gasteiger partial charge is 0.357 e. The smallest absolute Gasteiger partial charge is 0.191 e. The highest BCUT2D eigenvalue weighted by molar-refractivity contribution is 5.80. The van der Waals surface area contributed by atoms with Crippen LogP contribution in [0.1, 0.15) is 40.2 Å². The van der Waals surface area contributed by atoms with Gasteiger partial charge in [0, 0.05) is 24.7 Å². The predicted molar refractivity (Wildman–Crippen MR) is 96.2 cm³/mol. The maximum Gasteiger partial charge on any atom is 0.191 e. The molecule has 0 aromatic heterocycles. The second-order valence-corrected chi connectivity index (χ2v) is 6.84. The lowest BCUT2D eigenvalue weighted by atomic mass is 10.1. The van der Waals surface area contributed by atoms with Gasteiger partial charge in [0.15, 0.2) is 5.96 Å². The Bertz CT molecular complexity index is 448. The number of likely N-dealkylation sites (N-methyl/N-ethyl adjacent to an activating group) is 1. The highest BCUT2D eigenvalue weighted by Gasteiger charge is 2.13. The average Bonchev–Trinajstić information content (AvgIpc) is 2.44. The first-order chi connectivity index (χ1) is 10.3. The van der Waals surface area contributed by atoms with Crippen LogP contribution in [-0.2, 0) is 6.54 Å². The van der Waals surface area contributed by atoms with Gasteiger partial charge in [-0.1, -0.05) is 30.3 Å². The van der Waals surface area contributed by atoms with Crippen molar-refractivity contribution in [3.8, 4) is 0 Å². The highest BCUT2D eigenvalue weighted by Crippen LogP contribution is 2.06. The van der Waals surface area contributed by atoms with Crippen molar-refractivity contribution in [2.24, 2.45) is 4.99 Å². The maximum absolute atomic E-state index is 4.71. The Hall–Kier alpha value is -1.55. The fraction of sp³-hybridized carbons (Fsp3) is 0.611. The van der Waals surface area contributed by atoms with E-state index < -0.39 is 0 Å². The molecular formula is C18H32N4. The van der Waals surface area contributed by atoms with Crippen LogP contribution >= 0.6 is 0 Å². The van der Waals surface area contributed by atoms with Gasteiger partial charge in [0.2, 0.25) is 0 Å². The van der Waals surface area contributed by atoms with Crippen molar-refractivity contribution in [2.45, 2.75) is 52.7 Å². The molecule has 0 aliphatic heterocycles. The molecule has 1 rings (SSSR count). The van der Waals surface area contributed by atoms with Crippen LogP contribution in [0, 0.1) is 0 Å². The topological polar surface area (TPSA) is 39.7 Å². The minimum absolute atomic E-state index is 0.0141. The first kappa shape index (κ1) is 18.5. The summed E-state index contributed by atoms with van der Waals surface area (Å²) < 4.78 is 0. The quantitative estimate of drug-likeness (QED) is 0.627. The SMILES string of the molecule is CCNC(=NCC(C)N(C)Cc1ccccc1)NC(C)(C)C. The Morgan fingerprint density at radius 3 is 2.41 bits per heavy atom. The van der Waals surface area contributed by atoms with Crippen molar-refractivity contribution < 1.29 is 0 Å². The summed E-state index contributed by atoms with van der Waals surface area (Å²) in [6, 6.07) is 10.9. The Morgan fingerprint density at radius 1 is 1.23 bits per heavy atom. The van der Waals surface area contributed by atoms with Crippen LogP contribution in [-0.4, -0.2) is 42.6 Å². The number of guanidine groups is 1. The van der Waals surface area contributed by atoms with Gasteiger partial charge in [-0.2, -0.15) is 0 Å². The fourth-order valence-electron chi connectivity index (χ4n) is 2.05. The number of nitrogens with zero attached hydrogens (tertiary/aromatic N) is 2. The van der Waals surface area contributed by atoms with Gasteiger partial charge in [0.1, 0.15) is 0 Å². The van der Waals surface area contributed by atoms with Gasteiger partial charge in [-0.05, 0) is 47.2 Å². The van der Waals surface area contributed by atoms with Crippen LogP contribution in [0.5, 0.6) is 0 Å². The monoisotopic (exact) mass is 304 g/mol. The molecule has 2 N–H and O–H groups in total. The van der Waals surface area contributed by atoms with Crippen LogP contribution < -0.4 is 10.6 Å². The van der Waals surface area contributed by atoms with E-state index in [1.54, 1.807) is 0 Å². The second-order valence-electron chi connectivity index (χ2n) is 6.84. The number of hydrogen-bond donors (Lipinski definition) is 2. The summed E-state index contributed by atoms with van der Waals surface area (Å²) in [6.45, 7) is 13.3. The Kier molecular flexibility index (Phi) is 7.39. The second kappa shape index (κ2) is 8.79. The molecule has 22 heavy (non-hydrogen) atoms. The number of benzene rings is 1. The summed E-state index contributed by atoms with van der Waals surface area (Å²) in [4.78, 5) is 7.05. The predicted octanol–water partition coefficient (Wildman–Crippen LogP) is 2.86. The lowest BCUT2D eigenvalue weighted by Crippen LogP contribution is -2.48. The molecule has 0 saturated heterocycles. The third kappa shape index (κ3) is 7.46. The molecule has 4 nitrogen and oxygen atoms in total. The zero-order chi connectivity index (χ0) is 16.6. The van der Waals surface area contributed by atoms with Gasteiger partial charge in [-0.25, -0.2) is 0 Å². The van der Waals surface area contributed by atoms with Gasteiger partial charge >= 0.3 is 0 Å². The van der Waals surface area contributed by atoms with Gasteiger partial charge < -0.3 is 10.6 Å². The normalized spacial score (nSPS) is 14.0. The number of nitrogens with one attached hydrogen (secondary N) is 2. The minimum atomic E-state index is 0.0141. The molecule has 1 unspecified atom stereocenters. The molecule has 0 aliphatic carbocycles. The van der Waals surface area contributed by atoms with Crippen molar-refractivity contribution >= 4 is 5.96 Å². The van der Waals surface area contributed by atoms with Crippen LogP contribution in [0.2, 0.25) is 0 Å². The minimum Gasteiger partial charge on any atom is -0.357 e. The van der Waals surface area contributed by atoms with Gasteiger partial charge in [-0.3, -0.25) is 9.89 Å². The van der Waals surface area contributed by atoms with Crippen LogP contribution in [0.25, 0.3) is 0 Å². The zero-order valence-corrected chi connectivity index (χ0v) is 15.0. The first-order valence-electron chi connectivity index (χ1n) is 8.12. The van der Waals surface area contributed by atoms with Crippen LogP contribution in [0.3, 0.4) is 0 Å². The summed E-state index contributed by atoms with van der Waals surface area (Å²) in [5.74, 6) is 0.884. The maximum atomic E-state index is 4.71. The van der Waals surface area contributed by atoms with Crippen molar-refractivity contribution in [3.63, 3.8) is 0 Å². The van der Waals surface area contributed by atoms with Gasteiger partial charge in [-0.15, -0.1) is 0 Å². The van der Waals surface area contributed by atoms with Crippen molar-refractivity contribution in [1.29, 1.82) is 0 Å². The highest BCUT2D eigenvalue weighted by atomic mass is 15.2. The first-order valence-corrected chi connectivity index (χ1v) is 8.12. The molecule has 0 bridgehead atoms. The van der Waals surface area contributed by atoms with Crippen LogP contribution in [0.4, 0.5) is 0 Å². The number of hydrogen-bond acceptors (Lipinski definition) is 2. The van der Waals surface area contributed by atoms with E-state index in [0.717, 1.165) is 25.6 Å². The van der Waals surface area contributed by atoms with E-state index >= 15 is 0 Å². The van der Waals surface area contributed by atoms with E-state index in [1.165, 1.54) is 5.56 Å². The van der Waals surface area contributed by atoms with E-state index in [2.05, 4.69) is 87.5 Å². The Balaban J connectivity index is 2.57. The summed E-state index contributed by atoms with van der Waals surface area (Å²) in [5, 5.41) is 6.73. The molecular weight excluding hydrogens is 272 g/mol. The van der Waals surface area contributed by atoms with Crippen molar-refractivity contribution in [3.05, 3.63) is 35.9 Å². The standard InChI is InChI=1S/C18H32N4/c1-7-19-17(21-18(3,4)5)20-13-15(2)22(6)14-16-11-9-8-10-12-16/h8-12,15H,7,13-14H2,1-6H3,(H2,19,20,21). The summed E-state index contributed by atoms with van der Waals surface area (Å²) in [5.41, 5.74) is 1.35. The molecule has 0 fully saturated rings. The number of rotatable bonds is 6. The lowest BCUT2D eigenvalue weighted by Gasteiger charge is -2.26. The zero-order valence-electron chi connectivity index (χ0n) is 15.0. The molecule has 0 spiro atoms. The molecule has 124 valence electrons. The molecule has 1 aromatic carbocycles. The van der Waals surface area contributed by atoms with E-state index in [1.807, 2.05) is 0 Å². The lowest BCUT2D eigenvalue weighted by molar-refractivity contribution is 0.255. The molecule has 0 heterocycles. The van der Waals surface area contributed by atoms with E-state index in [-0.39, 0.29) is 5.54 Å². The molecule has 0 saturated carbocycles. The van der Waals surface area contributed by atoms with Gasteiger partial charge in [0.25, 0.3) is 0 Å². The third-order valence-corrected chi connectivity index (χ3v) is 3.38. The molecule has 0 radical (unpaired) electrons. The van der Waals surface area contributed by atoms with Crippen LogP contribution in [0.15, 0.2) is 35.3 Å². The van der Waals surface area contributed by atoms with E-state index in [9.17, 15) is 0 Å². The fourth-order valence-corrected chi connectivity index (χ4v) is 2.05. The molecule has 1 atom stereocenters. The summed E-state index contributed by atoms with van der Waals surface area (Å²) in [6.07, 6.45) is 0. The molecule has 4 heteroatoms. The average molecular weight is 304 g/mol. The van der Waals surface area contributed by atoms with E-state index in [0.29, 0.717) is 6.04 Å².